The number of aromatic nitrogens is 1. The molecule has 2 aromatic carbocycles. The molecule has 6 nitrogen and oxygen atoms in total. The zero-order valence-corrected chi connectivity index (χ0v) is 13.7. The minimum Gasteiger partial charge on any atom is -0.494 e. The molecule has 0 spiro atoms. The third-order valence-electron chi connectivity index (χ3n) is 4.04. The number of anilines is 1. The minimum absolute atomic E-state index is 0.00297. The number of non-ortho nitro benzene ring substituents is 1. The quantitative estimate of drug-likeness (QED) is 0.547. The van der Waals surface area contributed by atoms with E-state index in [2.05, 4.69) is 10.3 Å². The maximum atomic E-state index is 13.9. The average molecular weight is 341 g/mol. The first-order valence-corrected chi connectivity index (χ1v) is 7.62. The topological polar surface area (TPSA) is 77.3 Å². The molecule has 0 aliphatic heterocycles. The van der Waals surface area contributed by atoms with Gasteiger partial charge >= 0.3 is 0 Å². The van der Waals surface area contributed by atoms with Crippen LogP contribution in [0.3, 0.4) is 0 Å². The van der Waals surface area contributed by atoms with Gasteiger partial charge in [0, 0.05) is 35.6 Å². The molecular weight excluding hydrogens is 325 g/mol. The summed E-state index contributed by atoms with van der Waals surface area (Å²) in [4.78, 5) is 14.7. The second kappa shape index (κ2) is 6.72. The highest BCUT2D eigenvalue weighted by molar-refractivity contribution is 5.99. The summed E-state index contributed by atoms with van der Waals surface area (Å²) in [6.45, 7) is 1.88. The Labute approximate surface area is 143 Å². The summed E-state index contributed by atoms with van der Waals surface area (Å²) < 4.78 is 18.8. The Balaban J connectivity index is 1.96. The van der Waals surface area contributed by atoms with E-state index in [4.69, 9.17) is 4.74 Å². The van der Waals surface area contributed by atoms with Crippen molar-refractivity contribution in [2.75, 3.05) is 12.4 Å². The molecule has 1 heterocycles. The number of pyridine rings is 1. The summed E-state index contributed by atoms with van der Waals surface area (Å²) in [6, 6.07) is 9.34. The minimum atomic E-state index is -0.439. The third-order valence-corrected chi connectivity index (χ3v) is 4.04. The molecular formula is C18H16FN3O3. The van der Waals surface area contributed by atoms with E-state index in [0.29, 0.717) is 16.5 Å². The zero-order valence-electron chi connectivity index (χ0n) is 13.7. The van der Waals surface area contributed by atoms with Crippen molar-refractivity contribution in [3.8, 4) is 5.75 Å². The Morgan fingerprint density at radius 2 is 2.04 bits per heavy atom. The van der Waals surface area contributed by atoms with E-state index in [-0.39, 0.29) is 17.5 Å². The molecule has 0 aliphatic rings. The van der Waals surface area contributed by atoms with Crippen molar-refractivity contribution in [1.29, 1.82) is 0 Å². The molecule has 25 heavy (non-hydrogen) atoms. The largest absolute Gasteiger partial charge is 0.494 e. The monoisotopic (exact) mass is 341 g/mol. The van der Waals surface area contributed by atoms with E-state index in [1.165, 1.54) is 25.4 Å². The smallest absolute Gasteiger partial charge is 0.278 e. The lowest BCUT2D eigenvalue weighted by Crippen LogP contribution is -2.08. The molecule has 7 heteroatoms. The first kappa shape index (κ1) is 16.6. The van der Waals surface area contributed by atoms with Crippen LogP contribution in [0.5, 0.6) is 5.75 Å². The van der Waals surface area contributed by atoms with Crippen LogP contribution in [0.2, 0.25) is 0 Å². The first-order valence-electron chi connectivity index (χ1n) is 7.62. The molecule has 1 aromatic heterocycles. The highest BCUT2D eigenvalue weighted by Gasteiger charge is 2.16. The lowest BCUT2D eigenvalue weighted by atomic mass is 10.1. The van der Waals surface area contributed by atoms with Crippen LogP contribution in [-0.4, -0.2) is 17.0 Å². The Morgan fingerprint density at radius 1 is 1.24 bits per heavy atom. The summed E-state index contributed by atoms with van der Waals surface area (Å²) in [5.41, 5.74) is 1.45. The van der Waals surface area contributed by atoms with Crippen LogP contribution in [0.4, 0.5) is 15.8 Å². The Hall–Kier alpha value is -3.22. The summed E-state index contributed by atoms with van der Waals surface area (Å²) in [7, 11) is 1.41. The number of nitrogens with zero attached hydrogens (tertiary/aromatic N) is 2. The standard InChI is InChI=1S/C18H16FN3O3/c1-11(12-3-6-18(25-2)15(19)9-12)21-16-4-5-17(22(23)24)14-10-20-8-7-13(14)16/h3-11,21H,1-2H3. The van der Waals surface area contributed by atoms with E-state index in [1.807, 2.05) is 6.92 Å². The van der Waals surface area contributed by atoms with Gasteiger partial charge in [0.1, 0.15) is 0 Å². The van der Waals surface area contributed by atoms with Crippen LogP contribution in [0, 0.1) is 15.9 Å². The van der Waals surface area contributed by atoms with Gasteiger partial charge in [0.15, 0.2) is 11.6 Å². The van der Waals surface area contributed by atoms with Gasteiger partial charge in [-0.2, -0.15) is 0 Å². The number of methoxy groups -OCH3 is 1. The second-order valence-electron chi connectivity index (χ2n) is 5.57. The first-order chi connectivity index (χ1) is 12.0. The zero-order chi connectivity index (χ0) is 18.0. The van der Waals surface area contributed by atoms with Gasteiger partial charge in [-0.1, -0.05) is 6.07 Å². The van der Waals surface area contributed by atoms with Gasteiger partial charge in [-0.3, -0.25) is 15.1 Å². The predicted molar refractivity (Wildman–Crippen MR) is 93.4 cm³/mol. The van der Waals surface area contributed by atoms with Gasteiger partial charge in [-0.25, -0.2) is 4.39 Å². The van der Waals surface area contributed by atoms with E-state index in [0.717, 1.165) is 5.56 Å². The number of ether oxygens (including phenoxy) is 1. The normalized spacial score (nSPS) is 12.0. The molecule has 0 bridgehead atoms. The molecule has 0 saturated heterocycles. The second-order valence-corrected chi connectivity index (χ2v) is 5.57. The van der Waals surface area contributed by atoms with Gasteiger partial charge < -0.3 is 10.1 Å². The van der Waals surface area contributed by atoms with Crippen LogP contribution >= 0.6 is 0 Å². The average Bonchev–Trinajstić information content (AvgIpc) is 2.61. The third kappa shape index (κ3) is 3.21. The van der Waals surface area contributed by atoms with E-state index >= 15 is 0 Å². The van der Waals surface area contributed by atoms with Crippen LogP contribution < -0.4 is 10.1 Å². The summed E-state index contributed by atoms with van der Waals surface area (Å²) >= 11 is 0. The van der Waals surface area contributed by atoms with Crippen molar-refractivity contribution in [3.05, 3.63) is 70.3 Å². The summed E-state index contributed by atoms with van der Waals surface area (Å²) in [5, 5.41) is 15.6. The number of hydrogen-bond acceptors (Lipinski definition) is 5. The molecule has 0 amide bonds. The molecule has 3 aromatic rings. The highest BCUT2D eigenvalue weighted by Crippen LogP contribution is 2.33. The molecule has 1 N–H and O–H groups in total. The molecule has 3 rings (SSSR count). The Morgan fingerprint density at radius 3 is 2.72 bits per heavy atom. The predicted octanol–water partition coefficient (Wildman–Crippen LogP) is 4.46. The molecule has 0 aliphatic carbocycles. The van der Waals surface area contributed by atoms with Crippen molar-refractivity contribution in [1.82, 2.24) is 4.98 Å². The number of rotatable bonds is 5. The van der Waals surface area contributed by atoms with E-state index in [1.54, 1.807) is 30.5 Å². The number of nitrogens with one attached hydrogen (secondary N) is 1. The molecule has 0 fully saturated rings. The fraction of sp³-hybridized carbons (Fsp3) is 0.167. The highest BCUT2D eigenvalue weighted by atomic mass is 19.1. The SMILES string of the molecule is COc1ccc(C(C)Nc2ccc([N+](=O)[O-])c3cnccc23)cc1F. The number of hydrogen-bond donors (Lipinski definition) is 1. The van der Waals surface area contributed by atoms with E-state index in [9.17, 15) is 14.5 Å². The molecule has 0 radical (unpaired) electrons. The van der Waals surface area contributed by atoms with Gasteiger partial charge in [0.25, 0.3) is 5.69 Å². The number of nitro benzene ring substituents is 1. The van der Waals surface area contributed by atoms with Crippen molar-refractivity contribution in [2.45, 2.75) is 13.0 Å². The number of nitro groups is 1. The molecule has 1 atom stereocenters. The van der Waals surface area contributed by atoms with Crippen LogP contribution in [-0.2, 0) is 0 Å². The van der Waals surface area contributed by atoms with Crippen LogP contribution in [0.15, 0.2) is 48.8 Å². The van der Waals surface area contributed by atoms with Gasteiger partial charge in [0.2, 0.25) is 0 Å². The Bertz CT molecular complexity index is 946. The van der Waals surface area contributed by atoms with Crippen molar-refractivity contribution in [2.24, 2.45) is 0 Å². The summed E-state index contributed by atoms with van der Waals surface area (Å²) in [6.07, 6.45) is 3.05. The van der Waals surface area contributed by atoms with Crippen LogP contribution in [0.25, 0.3) is 10.8 Å². The van der Waals surface area contributed by atoms with Gasteiger partial charge in [-0.05, 0) is 36.8 Å². The fourth-order valence-electron chi connectivity index (χ4n) is 2.73. The maximum Gasteiger partial charge on any atom is 0.278 e. The molecule has 1 unspecified atom stereocenters. The Kier molecular flexibility index (Phi) is 4.47. The number of fused-ring (bicyclic) bond motifs is 1. The molecule has 128 valence electrons. The maximum absolute atomic E-state index is 13.9. The van der Waals surface area contributed by atoms with E-state index < -0.39 is 10.7 Å². The molecule has 0 saturated carbocycles. The number of benzene rings is 2. The number of halogens is 1. The van der Waals surface area contributed by atoms with Crippen molar-refractivity contribution < 1.29 is 14.1 Å². The van der Waals surface area contributed by atoms with Crippen LogP contribution in [0.1, 0.15) is 18.5 Å². The fourth-order valence-corrected chi connectivity index (χ4v) is 2.73. The van der Waals surface area contributed by atoms with Gasteiger partial charge in [0.05, 0.1) is 17.4 Å². The van der Waals surface area contributed by atoms with Crippen molar-refractivity contribution >= 4 is 22.1 Å². The van der Waals surface area contributed by atoms with Crippen molar-refractivity contribution in [3.63, 3.8) is 0 Å². The van der Waals surface area contributed by atoms with Gasteiger partial charge in [-0.15, -0.1) is 0 Å². The lowest BCUT2D eigenvalue weighted by Gasteiger charge is -2.18. The lowest BCUT2D eigenvalue weighted by molar-refractivity contribution is -0.383. The summed E-state index contributed by atoms with van der Waals surface area (Å²) in [5.74, 6) is -0.255.